The molecule has 18 heavy (non-hydrogen) atoms. The highest BCUT2D eigenvalue weighted by Crippen LogP contribution is 2.30. The lowest BCUT2D eigenvalue weighted by Gasteiger charge is -1.99. The predicted molar refractivity (Wildman–Crippen MR) is 55.8 cm³/mol. The molecule has 0 radical (unpaired) electrons. The van der Waals surface area contributed by atoms with Gasteiger partial charge in [-0.15, -0.1) is 0 Å². The molecule has 2 N–H and O–H groups in total. The maximum atomic E-state index is 11.5. The Morgan fingerprint density at radius 2 is 0.833 bits per heavy atom. The predicted octanol–water partition coefficient (Wildman–Crippen LogP) is -0.834. The van der Waals surface area contributed by atoms with Crippen molar-refractivity contribution in [1.29, 1.82) is 0 Å². The van der Waals surface area contributed by atoms with Crippen LogP contribution in [0.15, 0.2) is 12.1 Å². The number of fused-ring (bicyclic) bond motifs is 2. The lowest BCUT2D eigenvalue weighted by Crippen LogP contribution is -2.22. The molecule has 0 fully saturated rings. The Morgan fingerprint density at radius 3 is 1.06 bits per heavy atom. The van der Waals surface area contributed by atoms with Gasteiger partial charge in [-0.25, -0.2) is 0 Å². The second kappa shape index (κ2) is 3.18. The molecule has 0 bridgehead atoms. The van der Waals surface area contributed by atoms with Gasteiger partial charge in [-0.1, -0.05) is 0 Å². The van der Waals surface area contributed by atoms with Gasteiger partial charge >= 0.3 is 0 Å². The monoisotopic (exact) mass is 246 g/mol. The number of hydrogen-bond acceptors (Lipinski definition) is 6. The zero-order valence-electron chi connectivity index (χ0n) is 8.84. The highest BCUT2D eigenvalue weighted by atomic mass is 16.3. The first-order chi connectivity index (χ1) is 8.43. The number of aliphatic hydroxyl groups is 2. The molecule has 0 unspecified atom stereocenters. The van der Waals surface area contributed by atoms with E-state index in [0.717, 1.165) is 12.1 Å². The molecule has 0 aromatic heterocycles. The zero-order valence-corrected chi connectivity index (χ0v) is 8.84. The van der Waals surface area contributed by atoms with Crippen LogP contribution in [0.2, 0.25) is 0 Å². The molecule has 0 spiro atoms. The van der Waals surface area contributed by atoms with E-state index in [1.54, 1.807) is 0 Å². The Balaban J connectivity index is 2.30. The molecule has 3 rings (SSSR count). The molecule has 6 nitrogen and oxygen atoms in total. The molecule has 0 heterocycles. The SMILES string of the molecule is O=C1c2cc3c(cc2C(=O)C1O)C(=O)C(O)C3=O. The second-order valence-electron chi connectivity index (χ2n) is 4.21. The molecule has 0 saturated carbocycles. The second-order valence-corrected chi connectivity index (χ2v) is 4.21. The molecule has 90 valence electrons. The Morgan fingerprint density at radius 1 is 0.611 bits per heavy atom. The van der Waals surface area contributed by atoms with Crippen LogP contribution in [0.4, 0.5) is 0 Å². The van der Waals surface area contributed by atoms with Gasteiger partial charge in [0.1, 0.15) is 0 Å². The van der Waals surface area contributed by atoms with E-state index >= 15 is 0 Å². The van der Waals surface area contributed by atoms with E-state index in [2.05, 4.69) is 0 Å². The van der Waals surface area contributed by atoms with Crippen molar-refractivity contribution in [2.45, 2.75) is 12.2 Å². The van der Waals surface area contributed by atoms with Gasteiger partial charge in [0, 0.05) is 22.3 Å². The summed E-state index contributed by atoms with van der Waals surface area (Å²) < 4.78 is 0. The van der Waals surface area contributed by atoms with Gasteiger partial charge in [0.25, 0.3) is 0 Å². The third kappa shape index (κ3) is 1.08. The molecular formula is C12H6O6. The molecule has 1 aromatic rings. The van der Waals surface area contributed by atoms with Gasteiger partial charge in [0.2, 0.25) is 0 Å². The number of ketones is 4. The maximum absolute atomic E-state index is 11.5. The van der Waals surface area contributed by atoms with E-state index in [1.165, 1.54) is 0 Å². The highest BCUT2D eigenvalue weighted by Gasteiger charge is 2.43. The van der Waals surface area contributed by atoms with Crippen LogP contribution in [0, 0.1) is 0 Å². The third-order valence-electron chi connectivity index (χ3n) is 3.21. The van der Waals surface area contributed by atoms with Crippen LogP contribution in [0.25, 0.3) is 0 Å². The van der Waals surface area contributed by atoms with Gasteiger partial charge in [-0.2, -0.15) is 0 Å². The van der Waals surface area contributed by atoms with Crippen LogP contribution in [0.1, 0.15) is 41.4 Å². The molecule has 0 saturated heterocycles. The summed E-state index contributed by atoms with van der Waals surface area (Å²) in [5, 5.41) is 18.7. The van der Waals surface area contributed by atoms with Gasteiger partial charge in [-0.3, -0.25) is 19.2 Å². The van der Waals surface area contributed by atoms with Crippen molar-refractivity contribution in [1.82, 2.24) is 0 Å². The van der Waals surface area contributed by atoms with Crippen LogP contribution in [0.5, 0.6) is 0 Å². The van der Waals surface area contributed by atoms with Gasteiger partial charge in [-0.05, 0) is 12.1 Å². The van der Waals surface area contributed by atoms with Crippen molar-refractivity contribution in [3.8, 4) is 0 Å². The van der Waals surface area contributed by atoms with E-state index < -0.39 is 35.3 Å². The standard InChI is InChI=1S/C12H6O6/c13-7-3-1-4-6(10(16)12(18)8(4)14)2-5(3)9(15)11(7)17/h1-2,11-12,17-18H. The highest BCUT2D eigenvalue weighted by molar-refractivity contribution is 6.33. The van der Waals surface area contributed by atoms with Crippen molar-refractivity contribution in [2.24, 2.45) is 0 Å². The largest absolute Gasteiger partial charge is 0.377 e. The molecule has 0 aliphatic heterocycles. The van der Waals surface area contributed by atoms with Gasteiger partial charge in [0.15, 0.2) is 35.3 Å². The first kappa shape index (κ1) is 10.9. The number of carbonyl (C=O) groups excluding carboxylic acids is 4. The topological polar surface area (TPSA) is 109 Å². The Hall–Kier alpha value is -2.18. The molecule has 2 aliphatic carbocycles. The minimum Gasteiger partial charge on any atom is -0.377 e. The lowest BCUT2D eigenvalue weighted by atomic mass is 10.0. The van der Waals surface area contributed by atoms with Crippen LogP contribution in [-0.2, 0) is 0 Å². The molecular weight excluding hydrogens is 240 g/mol. The van der Waals surface area contributed by atoms with E-state index in [1.807, 2.05) is 0 Å². The molecule has 0 atom stereocenters. The Bertz CT molecular complexity index is 549. The number of hydrogen-bond donors (Lipinski definition) is 2. The fourth-order valence-electron chi connectivity index (χ4n) is 2.24. The Labute approximate surface area is 99.8 Å². The van der Waals surface area contributed by atoms with E-state index in [0.29, 0.717) is 0 Å². The van der Waals surface area contributed by atoms with Gasteiger partial charge < -0.3 is 10.2 Å². The number of rotatable bonds is 0. The quantitative estimate of drug-likeness (QED) is 0.578. The van der Waals surface area contributed by atoms with Crippen LogP contribution >= 0.6 is 0 Å². The number of Topliss-reactive ketones (excluding diaryl/α,β-unsaturated/α-hetero) is 4. The lowest BCUT2D eigenvalue weighted by molar-refractivity contribution is 0.0658. The first-order valence-electron chi connectivity index (χ1n) is 5.14. The minimum atomic E-state index is -1.77. The van der Waals surface area contributed by atoms with Crippen molar-refractivity contribution < 1.29 is 29.4 Å². The summed E-state index contributed by atoms with van der Waals surface area (Å²) in [5.41, 5.74) is -0.328. The van der Waals surface area contributed by atoms with Crippen LogP contribution in [-0.4, -0.2) is 45.6 Å². The van der Waals surface area contributed by atoms with Crippen molar-refractivity contribution in [3.05, 3.63) is 34.4 Å². The fraction of sp³-hybridized carbons (Fsp3) is 0.167. The summed E-state index contributed by atoms with van der Waals surface area (Å²) in [5.74, 6) is -3.17. The number of aliphatic hydroxyl groups excluding tert-OH is 2. The average molecular weight is 246 g/mol. The Kier molecular flexibility index (Phi) is 1.93. The fourth-order valence-corrected chi connectivity index (χ4v) is 2.24. The normalized spacial score (nSPS) is 19.7. The van der Waals surface area contributed by atoms with Crippen LogP contribution in [0.3, 0.4) is 0 Å². The van der Waals surface area contributed by atoms with Crippen molar-refractivity contribution in [2.75, 3.05) is 0 Å². The molecule has 1 aromatic carbocycles. The summed E-state index contributed by atoms with van der Waals surface area (Å²) in [6, 6.07) is 2.19. The minimum absolute atomic E-state index is 0.0819. The van der Waals surface area contributed by atoms with Gasteiger partial charge in [0.05, 0.1) is 0 Å². The first-order valence-corrected chi connectivity index (χ1v) is 5.14. The van der Waals surface area contributed by atoms with E-state index in [4.69, 9.17) is 0 Å². The zero-order chi connectivity index (χ0) is 13.2. The van der Waals surface area contributed by atoms with Crippen molar-refractivity contribution in [3.63, 3.8) is 0 Å². The third-order valence-corrected chi connectivity index (χ3v) is 3.21. The summed E-state index contributed by atoms with van der Waals surface area (Å²) in [6.45, 7) is 0. The summed E-state index contributed by atoms with van der Waals surface area (Å²) >= 11 is 0. The molecule has 6 heteroatoms. The molecule has 2 aliphatic rings. The summed E-state index contributed by atoms with van der Waals surface area (Å²) in [4.78, 5) is 46.2. The van der Waals surface area contributed by atoms with Crippen LogP contribution < -0.4 is 0 Å². The maximum Gasteiger partial charge on any atom is 0.200 e. The average Bonchev–Trinajstić information content (AvgIpc) is 2.71. The van der Waals surface area contributed by atoms with E-state index in [9.17, 15) is 29.4 Å². The van der Waals surface area contributed by atoms with E-state index in [-0.39, 0.29) is 22.3 Å². The van der Waals surface area contributed by atoms with Crippen molar-refractivity contribution >= 4 is 23.1 Å². The number of carbonyl (C=O) groups is 4. The molecule has 0 amide bonds. The summed E-state index contributed by atoms with van der Waals surface area (Å²) in [6.07, 6.45) is -3.53. The summed E-state index contributed by atoms with van der Waals surface area (Å²) in [7, 11) is 0. The smallest absolute Gasteiger partial charge is 0.200 e. The number of benzene rings is 1.